The Morgan fingerprint density at radius 2 is 1.93 bits per heavy atom. The van der Waals surface area contributed by atoms with E-state index in [9.17, 15) is 18.5 Å². The number of halogens is 1. The number of aromatic nitrogens is 2. The number of rotatable bonds is 6. The van der Waals surface area contributed by atoms with Crippen LogP contribution in [0.3, 0.4) is 0 Å². The maximum Gasteiger partial charge on any atom is 0.289 e. The first kappa shape index (κ1) is 19.0. The minimum atomic E-state index is -3.96. The second-order valence-corrected chi connectivity index (χ2v) is 7.90. The number of nitro groups is 1. The average molecular weight is 407 g/mol. The van der Waals surface area contributed by atoms with Crippen LogP contribution in [0.15, 0.2) is 66.1 Å². The highest BCUT2D eigenvalue weighted by Gasteiger charge is 2.22. The van der Waals surface area contributed by atoms with Crippen molar-refractivity contribution in [2.75, 3.05) is 0 Å². The van der Waals surface area contributed by atoms with Gasteiger partial charge in [0.15, 0.2) is 0 Å². The van der Waals surface area contributed by atoms with Crippen LogP contribution in [0.2, 0.25) is 5.02 Å². The third-order valence-corrected chi connectivity index (χ3v) is 5.81. The topological polar surface area (TPSA) is 107 Å². The molecule has 0 spiro atoms. The molecule has 8 nitrogen and oxygen atoms in total. The molecule has 0 amide bonds. The third-order valence-electron chi connectivity index (χ3n) is 3.95. The standard InChI is InChI=1S/C17H15ClN4O4S/c1-12(13-2-4-14(5-3-13)21-9-8-19-11-21)20-27(25,26)15-6-7-16(18)17(10-15)22(23)24/h2-12,20H,1H3. The lowest BCUT2D eigenvalue weighted by Crippen LogP contribution is -2.27. The average Bonchev–Trinajstić information content (AvgIpc) is 3.16. The molecule has 10 heteroatoms. The number of imidazole rings is 1. The SMILES string of the molecule is CC(NS(=O)(=O)c1ccc(Cl)c([N+](=O)[O-])c1)c1ccc(-n2ccnc2)cc1. The van der Waals surface area contributed by atoms with Crippen LogP contribution in [0, 0.1) is 10.1 Å². The molecule has 2 aromatic carbocycles. The summed E-state index contributed by atoms with van der Waals surface area (Å²) in [5, 5.41) is 10.9. The Labute approximate surface area is 160 Å². The number of hydrogen-bond acceptors (Lipinski definition) is 5. The molecule has 1 N–H and O–H groups in total. The van der Waals surface area contributed by atoms with Crippen molar-refractivity contribution < 1.29 is 13.3 Å². The van der Waals surface area contributed by atoms with Gasteiger partial charge in [-0.2, -0.15) is 0 Å². The van der Waals surface area contributed by atoms with Gasteiger partial charge in [0.2, 0.25) is 10.0 Å². The van der Waals surface area contributed by atoms with E-state index in [1.165, 1.54) is 12.1 Å². The quantitative estimate of drug-likeness (QED) is 0.498. The molecule has 140 valence electrons. The number of nitrogens with one attached hydrogen (secondary N) is 1. The van der Waals surface area contributed by atoms with E-state index in [0.29, 0.717) is 0 Å². The van der Waals surface area contributed by atoms with E-state index in [-0.39, 0.29) is 9.92 Å². The number of nitrogens with zero attached hydrogens (tertiary/aromatic N) is 3. The van der Waals surface area contributed by atoms with E-state index >= 15 is 0 Å². The van der Waals surface area contributed by atoms with Gasteiger partial charge in [-0.1, -0.05) is 23.7 Å². The Morgan fingerprint density at radius 1 is 1.22 bits per heavy atom. The molecule has 0 aliphatic rings. The van der Waals surface area contributed by atoms with Crippen LogP contribution in [0.4, 0.5) is 5.69 Å². The monoisotopic (exact) mass is 406 g/mol. The zero-order chi connectivity index (χ0) is 19.6. The van der Waals surface area contributed by atoms with Crippen molar-refractivity contribution in [2.24, 2.45) is 0 Å². The van der Waals surface area contributed by atoms with E-state index in [2.05, 4.69) is 9.71 Å². The fourth-order valence-corrected chi connectivity index (χ4v) is 3.95. The molecule has 1 atom stereocenters. The lowest BCUT2D eigenvalue weighted by atomic mass is 10.1. The molecule has 0 fully saturated rings. The van der Waals surface area contributed by atoms with Crippen LogP contribution >= 0.6 is 11.6 Å². The first-order valence-electron chi connectivity index (χ1n) is 7.82. The summed E-state index contributed by atoms with van der Waals surface area (Å²) in [7, 11) is -3.96. The van der Waals surface area contributed by atoms with Gasteiger partial charge in [-0.3, -0.25) is 10.1 Å². The van der Waals surface area contributed by atoms with Gasteiger partial charge in [0, 0.05) is 30.2 Å². The number of nitro benzene ring substituents is 1. The molecule has 27 heavy (non-hydrogen) atoms. The summed E-state index contributed by atoms with van der Waals surface area (Å²) in [6.07, 6.45) is 5.12. The van der Waals surface area contributed by atoms with Gasteiger partial charge in [-0.25, -0.2) is 18.1 Å². The highest BCUT2D eigenvalue weighted by atomic mass is 35.5. The summed E-state index contributed by atoms with van der Waals surface area (Å²) in [5.41, 5.74) is 1.17. The van der Waals surface area contributed by atoms with Crippen LogP contribution in [0.25, 0.3) is 5.69 Å². The van der Waals surface area contributed by atoms with Crippen molar-refractivity contribution in [3.63, 3.8) is 0 Å². The molecule has 1 unspecified atom stereocenters. The predicted molar refractivity (Wildman–Crippen MR) is 100 cm³/mol. The second-order valence-electron chi connectivity index (χ2n) is 5.77. The van der Waals surface area contributed by atoms with Crippen molar-refractivity contribution >= 4 is 27.3 Å². The van der Waals surface area contributed by atoms with Gasteiger partial charge in [0.05, 0.1) is 16.1 Å². The second kappa shape index (κ2) is 7.47. The number of sulfonamides is 1. The Bertz CT molecular complexity index is 1070. The van der Waals surface area contributed by atoms with Crippen molar-refractivity contribution in [3.8, 4) is 5.69 Å². The Hall–Kier alpha value is -2.75. The number of benzene rings is 2. The normalized spacial score (nSPS) is 12.7. The van der Waals surface area contributed by atoms with Gasteiger partial charge in [0.1, 0.15) is 5.02 Å². The first-order chi connectivity index (χ1) is 12.8. The van der Waals surface area contributed by atoms with E-state index in [1.54, 1.807) is 37.8 Å². The molecule has 0 saturated heterocycles. The van der Waals surface area contributed by atoms with Gasteiger partial charge >= 0.3 is 0 Å². The fraction of sp³-hybridized carbons (Fsp3) is 0.118. The molecule has 3 aromatic rings. The Morgan fingerprint density at radius 3 is 2.52 bits per heavy atom. The van der Waals surface area contributed by atoms with Gasteiger partial charge in [-0.15, -0.1) is 0 Å². The lowest BCUT2D eigenvalue weighted by molar-refractivity contribution is -0.384. The van der Waals surface area contributed by atoms with Crippen molar-refractivity contribution in [2.45, 2.75) is 17.9 Å². The molecular formula is C17H15ClN4O4S. The summed E-state index contributed by atoms with van der Waals surface area (Å²) in [6, 6.07) is 10.1. The summed E-state index contributed by atoms with van der Waals surface area (Å²) in [4.78, 5) is 14.0. The van der Waals surface area contributed by atoms with Crippen LogP contribution in [-0.2, 0) is 10.0 Å². The van der Waals surface area contributed by atoms with E-state index in [0.717, 1.165) is 17.3 Å². The van der Waals surface area contributed by atoms with Crippen molar-refractivity contribution in [3.05, 3.63) is 81.9 Å². The van der Waals surface area contributed by atoms with E-state index in [1.807, 2.05) is 16.7 Å². The molecule has 0 bridgehead atoms. The summed E-state index contributed by atoms with van der Waals surface area (Å²) >= 11 is 5.74. The maximum absolute atomic E-state index is 12.6. The maximum atomic E-state index is 12.6. The van der Waals surface area contributed by atoms with Crippen LogP contribution in [0.5, 0.6) is 0 Å². The van der Waals surface area contributed by atoms with E-state index < -0.39 is 26.7 Å². The minimum Gasteiger partial charge on any atom is -0.306 e. The largest absolute Gasteiger partial charge is 0.306 e. The number of hydrogen-bond donors (Lipinski definition) is 1. The van der Waals surface area contributed by atoms with Crippen molar-refractivity contribution in [1.82, 2.24) is 14.3 Å². The smallest absolute Gasteiger partial charge is 0.289 e. The lowest BCUT2D eigenvalue weighted by Gasteiger charge is -2.15. The molecule has 1 heterocycles. The van der Waals surface area contributed by atoms with E-state index in [4.69, 9.17) is 11.6 Å². The van der Waals surface area contributed by atoms with Crippen LogP contribution in [0.1, 0.15) is 18.5 Å². The first-order valence-corrected chi connectivity index (χ1v) is 9.68. The minimum absolute atomic E-state index is 0.123. The highest BCUT2D eigenvalue weighted by Crippen LogP contribution is 2.28. The molecule has 1 aromatic heterocycles. The van der Waals surface area contributed by atoms with Crippen LogP contribution in [-0.4, -0.2) is 22.9 Å². The van der Waals surface area contributed by atoms with Crippen LogP contribution < -0.4 is 4.72 Å². The molecule has 3 rings (SSSR count). The predicted octanol–water partition coefficient (Wildman–Crippen LogP) is 3.47. The third kappa shape index (κ3) is 4.16. The molecule has 0 radical (unpaired) electrons. The fourth-order valence-electron chi connectivity index (χ4n) is 2.52. The zero-order valence-electron chi connectivity index (χ0n) is 14.1. The van der Waals surface area contributed by atoms with Gasteiger partial charge in [0.25, 0.3) is 5.69 Å². The van der Waals surface area contributed by atoms with Gasteiger partial charge in [-0.05, 0) is 36.8 Å². The van der Waals surface area contributed by atoms with Crippen molar-refractivity contribution in [1.29, 1.82) is 0 Å². The Balaban J connectivity index is 1.81. The molecule has 0 aliphatic carbocycles. The van der Waals surface area contributed by atoms with Gasteiger partial charge < -0.3 is 4.57 Å². The molecule has 0 saturated carbocycles. The zero-order valence-corrected chi connectivity index (χ0v) is 15.7. The molecule has 0 aliphatic heterocycles. The summed E-state index contributed by atoms with van der Waals surface area (Å²) < 4.78 is 29.5. The highest BCUT2D eigenvalue weighted by molar-refractivity contribution is 7.89. The summed E-state index contributed by atoms with van der Waals surface area (Å²) in [6.45, 7) is 1.69. The Kier molecular flexibility index (Phi) is 5.26. The summed E-state index contributed by atoms with van der Waals surface area (Å²) in [5.74, 6) is 0. The molecular weight excluding hydrogens is 392 g/mol.